The van der Waals surface area contributed by atoms with Crippen LogP contribution in [0, 0.1) is 0 Å². The number of alkyl halides is 3. The third kappa shape index (κ3) is 7.74. The Morgan fingerprint density at radius 3 is 1.62 bits per heavy atom. The molecule has 0 rings (SSSR count). The van der Waals surface area contributed by atoms with Gasteiger partial charge < -0.3 is 8.95 Å². The molecule has 0 heterocycles. The Labute approximate surface area is 95.9 Å². The van der Waals surface area contributed by atoms with Gasteiger partial charge in [-0.3, -0.25) is 0 Å². The quantitative estimate of drug-likeness (QED) is 0.341. The van der Waals surface area contributed by atoms with Crippen molar-refractivity contribution in [1.82, 2.24) is 0 Å². The van der Waals surface area contributed by atoms with Crippen LogP contribution in [-0.2, 0) is 8.95 Å². The van der Waals surface area contributed by atoms with Crippen molar-refractivity contribution in [2.75, 3.05) is 0 Å². The van der Waals surface area contributed by atoms with E-state index >= 15 is 0 Å². The molecule has 0 aliphatic heterocycles. The molecule has 0 N–H and O–H groups in total. The predicted molar refractivity (Wildman–Crippen MR) is 62.4 cm³/mol. The second kappa shape index (κ2) is 4.78. The summed E-state index contributed by atoms with van der Waals surface area (Å²) in [5, 5.41) is 3.12. The number of halogens is 3. The van der Waals surface area contributed by atoms with Gasteiger partial charge in [-0.25, -0.2) is 0 Å². The highest BCUT2D eigenvalue weighted by Gasteiger charge is 2.42. The number of rotatable bonds is 3. The average molecular weight is 273 g/mol. The third-order valence-corrected chi connectivity index (χ3v) is 2.49. The van der Waals surface area contributed by atoms with Gasteiger partial charge in [-0.2, -0.15) is 13.2 Å². The van der Waals surface area contributed by atoms with E-state index in [4.69, 9.17) is 8.95 Å². The fourth-order valence-corrected chi connectivity index (χ4v) is 1.69. The molecule has 96 valence electrons. The van der Waals surface area contributed by atoms with Crippen LogP contribution in [0.25, 0.3) is 0 Å². The normalized spacial score (nSPS) is 14.9. The zero-order chi connectivity index (χ0) is 13.2. The summed E-state index contributed by atoms with van der Waals surface area (Å²) in [5.41, 5.74) is 0. The fourth-order valence-electron chi connectivity index (χ4n) is 0.597. The first-order valence-corrected chi connectivity index (χ1v) is 11.7. The molecular weight excluding hydrogens is 255 g/mol. The minimum Gasteiger partial charge on any atom is -0.526 e. The summed E-state index contributed by atoms with van der Waals surface area (Å²) in [6.07, 6.45) is -4.60. The Balaban J connectivity index is 4.84. The van der Waals surface area contributed by atoms with Gasteiger partial charge in [-0.15, -0.1) is 0 Å². The number of oxime groups is 1. The standard InChI is InChI=1S/C8H18F3NO2Si2/c1-15(2,3)13-7(8(9,10)11)12-14-16(4,5)6/h1-6H3. The Kier molecular flexibility index (Phi) is 4.63. The average Bonchev–Trinajstić information content (AvgIpc) is 1.91. The lowest BCUT2D eigenvalue weighted by molar-refractivity contribution is -0.0740. The number of hydrogen-bond donors (Lipinski definition) is 0. The minimum atomic E-state index is -4.60. The van der Waals surface area contributed by atoms with Crippen LogP contribution in [0.3, 0.4) is 0 Å². The van der Waals surface area contributed by atoms with E-state index in [-0.39, 0.29) is 0 Å². The highest BCUT2D eigenvalue weighted by Crippen LogP contribution is 2.22. The first kappa shape index (κ1) is 15.5. The Bertz CT molecular complexity index is 266. The Hall–Kier alpha value is -0.506. The van der Waals surface area contributed by atoms with Crippen LogP contribution >= 0.6 is 0 Å². The van der Waals surface area contributed by atoms with Crippen LogP contribution in [0.4, 0.5) is 13.2 Å². The highest BCUT2D eigenvalue weighted by atomic mass is 28.4. The van der Waals surface area contributed by atoms with Crippen LogP contribution in [0.15, 0.2) is 5.16 Å². The summed E-state index contributed by atoms with van der Waals surface area (Å²) >= 11 is 0. The van der Waals surface area contributed by atoms with E-state index in [1.54, 1.807) is 39.3 Å². The van der Waals surface area contributed by atoms with E-state index in [0.29, 0.717) is 0 Å². The molecule has 0 radical (unpaired) electrons. The van der Waals surface area contributed by atoms with E-state index in [2.05, 4.69) is 5.16 Å². The maximum atomic E-state index is 12.5. The van der Waals surface area contributed by atoms with Gasteiger partial charge in [-0.05, 0) is 39.3 Å². The Morgan fingerprint density at radius 1 is 0.938 bits per heavy atom. The van der Waals surface area contributed by atoms with E-state index in [9.17, 15) is 13.2 Å². The summed E-state index contributed by atoms with van der Waals surface area (Å²) in [5.74, 6) is -1.27. The van der Waals surface area contributed by atoms with Gasteiger partial charge in [0.2, 0.25) is 8.32 Å². The maximum Gasteiger partial charge on any atom is 0.470 e. The van der Waals surface area contributed by atoms with Crippen molar-refractivity contribution in [3.05, 3.63) is 0 Å². The zero-order valence-electron chi connectivity index (χ0n) is 10.4. The van der Waals surface area contributed by atoms with E-state index in [0.717, 1.165) is 0 Å². The largest absolute Gasteiger partial charge is 0.526 e. The molecule has 0 aromatic heterocycles. The summed E-state index contributed by atoms with van der Waals surface area (Å²) in [6, 6.07) is 0. The zero-order valence-corrected chi connectivity index (χ0v) is 12.4. The predicted octanol–water partition coefficient (Wildman–Crippen LogP) is 3.57. The van der Waals surface area contributed by atoms with Gasteiger partial charge in [0.05, 0.1) is 0 Å². The lowest BCUT2D eigenvalue weighted by Crippen LogP contribution is -2.38. The number of hydrogen-bond acceptors (Lipinski definition) is 3. The number of nitrogens with zero attached hydrogens (tertiary/aromatic N) is 1. The van der Waals surface area contributed by atoms with Crippen molar-refractivity contribution in [3.63, 3.8) is 0 Å². The highest BCUT2D eigenvalue weighted by molar-refractivity contribution is 6.71. The molecule has 0 bridgehead atoms. The van der Waals surface area contributed by atoms with Crippen LogP contribution in [0.1, 0.15) is 0 Å². The van der Waals surface area contributed by atoms with Crippen LogP contribution in [-0.4, -0.2) is 28.7 Å². The van der Waals surface area contributed by atoms with Gasteiger partial charge >= 0.3 is 12.1 Å². The smallest absolute Gasteiger partial charge is 0.470 e. The first-order chi connectivity index (χ1) is 6.81. The lowest BCUT2D eigenvalue weighted by atomic mass is 10.7. The van der Waals surface area contributed by atoms with Crippen molar-refractivity contribution < 1.29 is 22.1 Å². The van der Waals surface area contributed by atoms with Crippen LogP contribution in [0.2, 0.25) is 39.3 Å². The van der Waals surface area contributed by atoms with E-state index in [1.165, 1.54) is 0 Å². The molecule has 0 saturated heterocycles. The summed E-state index contributed by atoms with van der Waals surface area (Å²) in [6.45, 7) is 10.2. The molecule has 0 saturated carbocycles. The second-order valence-corrected chi connectivity index (χ2v) is 14.1. The topological polar surface area (TPSA) is 30.8 Å². The van der Waals surface area contributed by atoms with Gasteiger partial charge in [0.25, 0.3) is 8.32 Å². The molecule has 0 spiro atoms. The minimum absolute atomic E-state index is 1.27. The maximum absolute atomic E-state index is 12.5. The van der Waals surface area contributed by atoms with Crippen molar-refractivity contribution in [1.29, 1.82) is 0 Å². The molecule has 8 heteroatoms. The molecule has 0 unspecified atom stereocenters. The molecule has 0 aliphatic rings. The summed E-state index contributed by atoms with van der Waals surface area (Å²) < 4.78 is 47.3. The lowest BCUT2D eigenvalue weighted by Gasteiger charge is -2.23. The van der Waals surface area contributed by atoms with Crippen molar-refractivity contribution >= 4 is 22.5 Å². The van der Waals surface area contributed by atoms with Gasteiger partial charge in [0.1, 0.15) is 0 Å². The molecule has 0 aromatic rings. The van der Waals surface area contributed by atoms with Crippen molar-refractivity contribution in [2.24, 2.45) is 5.16 Å². The van der Waals surface area contributed by atoms with Gasteiger partial charge in [0, 0.05) is 0 Å². The second-order valence-electron chi connectivity index (χ2n) is 5.31. The molecule has 16 heavy (non-hydrogen) atoms. The summed E-state index contributed by atoms with van der Waals surface area (Å²) in [4.78, 5) is 0. The Morgan fingerprint density at radius 2 is 1.38 bits per heavy atom. The fraction of sp³-hybridized carbons (Fsp3) is 0.875. The SMILES string of the molecule is C[Si](C)(C)ON=C(O[Si](C)(C)C)C(F)(F)F. The molecule has 0 atom stereocenters. The molecular formula is C8H18F3NO2Si2. The molecule has 0 aromatic carbocycles. The molecule has 0 fully saturated rings. The van der Waals surface area contributed by atoms with E-state index < -0.39 is 28.7 Å². The van der Waals surface area contributed by atoms with Crippen LogP contribution < -0.4 is 0 Å². The van der Waals surface area contributed by atoms with Crippen molar-refractivity contribution in [2.45, 2.75) is 45.5 Å². The van der Waals surface area contributed by atoms with Gasteiger partial charge in [-0.1, -0.05) is 5.16 Å². The van der Waals surface area contributed by atoms with Crippen molar-refractivity contribution in [3.8, 4) is 0 Å². The van der Waals surface area contributed by atoms with E-state index in [1.807, 2.05) is 0 Å². The third-order valence-electron chi connectivity index (χ3n) is 1.05. The van der Waals surface area contributed by atoms with Gasteiger partial charge in [0.15, 0.2) is 0 Å². The molecule has 0 aliphatic carbocycles. The molecule has 0 amide bonds. The molecule has 3 nitrogen and oxygen atoms in total. The van der Waals surface area contributed by atoms with Crippen LogP contribution in [0.5, 0.6) is 0 Å². The summed E-state index contributed by atoms with van der Waals surface area (Å²) in [7, 11) is -4.47. The monoisotopic (exact) mass is 273 g/mol. The first-order valence-electron chi connectivity index (χ1n) is 4.84.